The van der Waals surface area contributed by atoms with Crippen molar-refractivity contribution >= 4 is 5.91 Å². The summed E-state index contributed by atoms with van der Waals surface area (Å²) in [7, 11) is 0. The molecule has 1 N–H and O–H groups in total. The summed E-state index contributed by atoms with van der Waals surface area (Å²) in [4.78, 5) is 14.2. The number of amides is 1. The van der Waals surface area contributed by atoms with Crippen LogP contribution in [0.4, 0.5) is 0 Å². The zero-order chi connectivity index (χ0) is 14.1. The SMILES string of the molecule is CC[C@@H](C)c1cc(C(=O)N2CCc3[nH]ncc3C2)on1. The monoisotopic (exact) mass is 274 g/mol. The maximum atomic E-state index is 12.4. The van der Waals surface area contributed by atoms with Crippen molar-refractivity contribution in [1.82, 2.24) is 20.3 Å². The Morgan fingerprint density at radius 2 is 2.45 bits per heavy atom. The first-order valence-corrected chi connectivity index (χ1v) is 6.96. The van der Waals surface area contributed by atoms with Gasteiger partial charge in [-0.1, -0.05) is 19.0 Å². The van der Waals surface area contributed by atoms with Gasteiger partial charge >= 0.3 is 0 Å². The van der Waals surface area contributed by atoms with Crippen LogP contribution in [0.15, 0.2) is 16.8 Å². The van der Waals surface area contributed by atoms with Gasteiger partial charge in [-0.15, -0.1) is 0 Å². The van der Waals surface area contributed by atoms with E-state index in [1.807, 2.05) is 0 Å². The van der Waals surface area contributed by atoms with Gasteiger partial charge in [0.15, 0.2) is 0 Å². The number of H-pyrrole nitrogens is 1. The van der Waals surface area contributed by atoms with E-state index in [0.717, 1.165) is 29.8 Å². The number of carbonyl (C=O) groups is 1. The Bertz CT molecular complexity index is 616. The van der Waals surface area contributed by atoms with Gasteiger partial charge in [-0.25, -0.2) is 0 Å². The molecule has 0 saturated carbocycles. The minimum Gasteiger partial charge on any atom is -0.351 e. The smallest absolute Gasteiger partial charge is 0.292 e. The topological polar surface area (TPSA) is 75.0 Å². The van der Waals surface area contributed by atoms with E-state index in [4.69, 9.17) is 4.52 Å². The van der Waals surface area contributed by atoms with Crippen LogP contribution in [0.3, 0.4) is 0 Å². The molecule has 106 valence electrons. The largest absolute Gasteiger partial charge is 0.351 e. The summed E-state index contributed by atoms with van der Waals surface area (Å²) in [5.74, 6) is 0.535. The lowest BCUT2D eigenvalue weighted by atomic mass is 10.0. The third-order valence-electron chi connectivity index (χ3n) is 3.94. The second-order valence-corrected chi connectivity index (χ2v) is 5.28. The number of nitrogens with zero attached hydrogens (tertiary/aromatic N) is 3. The summed E-state index contributed by atoms with van der Waals surface area (Å²) >= 11 is 0. The molecule has 20 heavy (non-hydrogen) atoms. The van der Waals surface area contributed by atoms with Crippen molar-refractivity contribution in [2.45, 2.75) is 39.2 Å². The molecule has 0 saturated heterocycles. The molecular weight excluding hydrogens is 256 g/mol. The number of carbonyl (C=O) groups excluding carboxylic acids is 1. The van der Waals surface area contributed by atoms with Crippen molar-refractivity contribution < 1.29 is 9.32 Å². The number of aromatic nitrogens is 3. The Balaban J connectivity index is 1.75. The molecule has 2 aromatic heterocycles. The molecule has 1 aliphatic rings. The standard InChI is InChI=1S/C14H18N4O2/c1-3-9(2)12-6-13(20-17-12)14(19)18-5-4-11-10(8-18)7-15-16-11/h6-7,9H,3-5,8H2,1-2H3,(H,15,16)/t9-/m1/s1. The number of hydrogen-bond donors (Lipinski definition) is 1. The lowest BCUT2D eigenvalue weighted by Crippen LogP contribution is -2.35. The van der Waals surface area contributed by atoms with Crippen LogP contribution < -0.4 is 0 Å². The second-order valence-electron chi connectivity index (χ2n) is 5.28. The van der Waals surface area contributed by atoms with Gasteiger partial charge < -0.3 is 9.42 Å². The number of aromatic amines is 1. The normalized spacial score (nSPS) is 16.0. The van der Waals surface area contributed by atoms with Gasteiger partial charge in [-0.3, -0.25) is 9.89 Å². The predicted octanol–water partition coefficient (Wildman–Crippen LogP) is 2.11. The van der Waals surface area contributed by atoms with Crippen molar-refractivity contribution in [3.63, 3.8) is 0 Å². The van der Waals surface area contributed by atoms with Crippen LogP contribution in [0.1, 0.15) is 53.7 Å². The van der Waals surface area contributed by atoms with Gasteiger partial charge in [0, 0.05) is 42.8 Å². The van der Waals surface area contributed by atoms with Crippen molar-refractivity contribution in [2.24, 2.45) is 0 Å². The molecule has 0 aliphatic carbocycles. The van der Waals surface area contributed by atoms with E-state index in [1.165, 1.54) is 0 Å². The highest BCUT2D eigenvalue weighted by Gasteiger charge is 2.26. The molecule has 6 heteroatoms. The highest BCUT2D eigenvalue weighted by atomic mass is 16.5. The molecule has 3 heterocycles. The van der Waals surface area contributed by atoms with Crippen molar-refractivity contribution in [3.8, 4) is 0 Å². The van der Waals surface area contributed by atoms with Crippen LogP contribution in [0.5, 0.6) is 0 Å². The quantitative estimate of drug-likeness (QED) is 0.930. The van der Waals surface area contributed by atoms with E-state index in [0.29, 0.717) is 24.8 Å². The summed E-state index contributed by atoms with van der Waals surface area (Å²) in [5, 5.41) is 11.0. The van der Waals surface area contributed by atoms with E-state index in [9.17, 15) is 4.79 Å². The summed E-state index contributed by atoms with van der Waals surface area (Å²) < 4.78 is 5.21. The first-order chi connectivity index (χ1) is 9.69. The first kappa shape index (κ1) is 12.9. The lowest BCUT2D eigenvalue weighted by molar-refractivity contribution is 0.0692. The van der Waals surface area contributed by atoms with E-state index in [1.54, 1.807) is 17.2 Å². The highest BCUT2D eigenvalue weighted by molar-refractivity contribution is 5.91. The molecule has 1 amide bonds. The third-order valence-corrected chi connectivity index (χ3v) is 3.94. The van der Waals surface area contributed by atoms with Gasteiger partial charge in [-0.05, 0) is 6.42 Å². The minimum atomic E-state index is -0.0982. The average Bonchev–Trinajstić information content (AvgIpc) is 3.13. The van der Waals surface area contributed by atoms with Crippen LogP contribution in [-0.2, 0) is 13.0 Å². The lowest BCUT2D eigenvalue weighted by Gasteiger charge is -2.25. The molecule has 1 aliphatic heterocycles. The molecule has 0 bridgehead atoms. The molecule has 0 unspecified atom stereocenters. The van der Waals surface area contributed by atoms with Crippen molar-refractivity contribution in [1.29, 1.82) is 0 Å². The zero-order valence-electron chi connectivity index (χ0n) is 11.7. The maximum Gasteiger partial charge on any atom is 0.292 e. The van der Waals surface area contributed by atoms with Crippen LogP contribution >= 0.6 is 0 Å². The van der Waals surface area contributed by atoms with E-state index in [2.05, 4.69) is 29.2 Å². The summed E-state index contributed by atoms with van der Waals surface area (Å²) in [5.41, 5.74) is 3.04. The van der Waals surface area contributed by atoms with Crippen LogP contribution in [0.2, 0.25) is 0 Å². The Kier molecular flexibility index (Phi) is 3.30. The minimum absolute atomic E-state index is 0.0982. The fourth-order valence-electron chi connectivity index (χ4n) is 2.38. The Labute approximate surface area is 117 Å². The Morgan fingerprint density at radius 1 is 1.60 bits per heavy atom. The summed E-state index contributed by atoms with van der Waals surface area (Å²) in [6.45, 7) is 5.41. The van der Waals surface area contributed by atoms with Gasteiger partial charge in [0.2, 0.25) is 5.76 Å². The molecule has 2 aromatic rings. The van der Waals surface area contributed by atoms with Gasteiger partial charge in [0.25, 0.3) is 5.91 Å². The highest BCUT2D eigenvalue weighted by Crippen LogP contribution is 2.21. The first-order valence-electron chi connectivity index (χ1n) is 6.96. The second kappa shape index (κ2) is 5.11. The van der Waals surface area contributed by atoms with Gasteiger partial charge in [-0.2, -0.15) is 5.10 Å². The van der Waals surface area contributed by atoms with E-state index >= 15 is 0 Å². The van der Waals surface area contributed by atoms with Gasteiger partial charge in [0.1, 0.15) is 0 Å². The predicted molar refractivity (Wildman–Crippen MR) is 72.2 cm³/mol. The number of nitrogens with one attached hydrogen (secondary N) is 1. The Morgan fingerprint density at radius 3 is 3.25 bits per heavy atom. The summed E-state index contributed by atoms with van der Waals surface area (Å²) in [6, 6.07) is 1.77. The maximum absolute atomic E-state index is 12.4. The molecule has 0 radical (unpaired) electrons. The molecule has 0 aromatic carbocycles. The molecule has 6 nitrogen and oxygen atoms in total. The fraction of sp³-hybridized carbons (Fsp3) is 0.500. The number of fused-ring (bicyclic) bond motifs is 1. The fourth-order valence-corrected chi connectivity index (χ4v) is 2.38. The summed E-state index contributed by atoms with van der Waals surface area (Å²) in [6.07, 6.45) is 3.55. The van der Waals surface area contributed by atoms with Crippen molar-refractivity contribution in [3.05, 3.63) is 35.0 Å². The van der Waals surface area contributed by atoms with Crippen molar-refractivity contribution in [2.75, 3.05) is 6.54 Å². The van der Waals surface area contributed by atoms with Crippen LogP contribution in [0, 0.1) is 0 Å². The molecular formula is C14H18N4O2. The molecule has 1 atom stereocenters. The zero-order valence-corrected chi connectivity index (χ0v) is 11.7. The third kappa shape index (κ3) is 2.21. The average molecular weight is 274 g/mol. The van der Waals surface area contributed by atoms with E-state index < -0.39 is 0 Å². The molecule has 3 rings (SSSR count). The van der Waals surface area contributed by atoms with Gasteiger partial charge in [0.05, 0.1) is 11.9 Å². The number of rotatable bonds is 3. The molecule has 0 fully saturated rings. The Hall–Kier alpha value is -2.11. The van der Waals surface area contributed by atoms with Crippen LogP contribution in [0.25, 0.3) is 0 Å². The van der Waals surface area contributed by atoms with Crippen LogP contribution in [-0.4, -0.2) is 32.7 Å². The number of hydrogen-bond acceptors (Lipinski definition) is 4. The van der Waals surface area contributed by atoms with E-state index in [-0.39, 0.29) is 5.91 Å². The molecule has 0 spiro atoms.